The van der Waals surface area contributed by atoms with Crippen LogP contribution in [0.25, 0.3) is 0 Å². The van der Waals surface area contributed by atoms with Gasteiger partial charge in [0.1, 0.15) is 17.3 Å². The Labute approximate surface area is 166 Å². The molecule has 1 aromatic carbocycles. The zero-order chi connectivity index (χ0) is 20.1. The first-order valence-corrected chi connectivity index (χ1v) is 10.4. The molecule has 8 nitrogen and oxygen atoms in total. The highest BCUT2D eigenvalue weighted by Crippen LogP contribution is 2.35. The summed E-state index contributed by atoms with van der Waals surface area (Å²) in [6.07, 6.45) is 1.92. The second-order valence-corrected chi connectivity index (χ2v) is 9.02. The summed E-state index contributed by atoms with van der Waals surface area (Å²) >= 11 is 5.75. The van der Waals surface area contributed by atoms with Crippen LogP contribution >= 0.6 is 11.6 Å². The molecule has 150 valence electrons. The number of aromatic nitrogens is 1. The van der Waals surface area contributed by atoms with Gasteiger partial charge in [-0.1, -0.05) is 11.6 Å². The molecule has 2 aliphatic rings. The number of fused-ring (bicyclic) bond motifs is 1. The Balaban J connectivity index is 1.69. The van der Waals surface area contributed by atoms with Gasteiger partial charge in [0.05, 0.1) is 10.6 Å². The number of halogens is 2. The summed E-state index contributed by atoms with van der Waals surface area (Å²) in [7, 11) is -2.33. The molecule has 3 heterocycles. The molecule has 0 bridgehead atoms. The van der Waals surface area contributed by atoms with Gasteiger partial charge < -0.3 is 19.9 Å². The van der Waals surface area contributed by atoms with Crippen LogP contribution in [-0.4, -0.2) is 44.1 Å². The van der Waals surface area contributed by atoms with E-state index in [2.05, 4.69) is 15.4 Å². The third kappa shape index (κ3) is 3.26. The number of carbonyl (C=O) groups is 1. The zero-order valence-electron chi connectivity index (χ0n) is 14.9. The Hall–Kier alpha value is -2.14. The Morgan fingerprint density at radius 1 is 1.43 bits per heavy atom. The molecule has 0 aliphatic carbocycles. The van der Waals surface area contributed by atoms with E-state index in [1.807, 2.05) is 0 Å². The molecule has 1 aromatic heterocycles. The van der Waals surface area contributed by atoms with Crippen molar-refractivity contribution >= 4 is 33.2 Å². The number of rotatable bonds is 2. The highest BCUT2D eigenvalue weighted by atomic mass is 35.5. The van der Waals surface area contributed by atoms with E-state index in [0.717, 1.165) is 6.07 Å². The number of carbonyl (C=O) groups excluding carboxylic acids is 1. The highest BCUT2D eigenvalue weighted by Gasteiger charge is 2.44. The summed E-state index contributed by atoms with van der Waals surface area (Å²) in [5.41, 5.74) is -0.428. The first kappa shape index (κ1) is 19.2. The van der Waals surface area contributed by atoms with Gasteiger partial charge in [0, 0.05) is 25.5 Å². The second-order valence-electron chi connectivity index (χ2n) is 6.97. The number of anilines is 1. The third-order valence-corrected chi connectivity index (χ3v) is 6.73. The Morgan fingerprint density at radius 3 is 2.89 bits per heavy atom. The van der Waals surface area contributed by atoms with Crippen LogP contribution in [0.3, 0.4) is 0 Å². The summed E-state index contributed by atoms with van der Waals surface area (Å²) in [5, 5.41) is 5.58. The lowest BCUT2D eigenvalue weighted by atomic mass is 10.0. The number of ether oxygens (including phenoxy) is 1. The van der Waals surface area contributed by atoms with Crippen molar-refractivity contribution in [3.8, 4) is 5.75 Å². The van der Waals surface area contributed by atoms with Crippen molar-refractivity contribution < 1.29 is 22.3 Å². The fourth-order valence-corrected chi connectivity index (χ4v) is 5.26. The third-order valence-electron chi connectivity index (χ3n) is 4.87. The van der Waals surface area contributed by atoms with Crippen molar-refractivity contribution in [3.63, 3.8) is 0 Å². The Kier molecular flexibility index (Phi) is 4.61. The molecule has 11 heteroatoms. The van der Waals surface area contributed by atoms with Gasteiger partial charge in [-0.3, -0.25) is 4.79 Å². The van der Waals surface area contributed by atoms with Crippen molar-refractivity contribution in [2.45, 2.75) is 16.9 Å². The average Bonchev–Trinajstić information content (AvgIpc) is 3.18. The largest absolute Gasteiger partial charge is 0.488 e. The highest BCUT2D eigenvalue weighted by molar-refractivity contribution is 7.89. The van der Waals surface area contributed by atoms with E-state index < -0.39 is 27.3 Å². The summed E-state index contributed by atoms with van der Waals surface area (Å²) < 4.78 is 49.0. The van der Waals surface area contributed by atoms with Gasteiger partial charge in [-0.2, -0.15) is 0 Å². The van der Waals surface area contributed by atoms with Crippen LogP contribution in [0.15, 0.2) is 29.3 Å². The fourth-order valence-electron chi connectivity index (χ4n) is 3.47. The first-order valence-electron chi connectivity index (χ1n) is 8.54. The van der Waals surface area contributed by atoms with Crippen LogP contribution in [0.1, 0.15) is 16.9 Å². The topological polar surface area (TPSA) is 101 Å². The van der Waals surface area contributed by atoms with E-state index >= 15 is 0 Å². The molecule has 1 spiro atoms. The number of nitrogens with zero attached hydrogens (tertiary/aromatic N) is 1. The molecule has 4 rings (SSSR count). The minimum absolute atomic E-state index is 0.00974. The van der Waals surface area contributed by atoms with Crippen LogP contribution in [0.2, 0.25) is 5.02 Å². The molecular weight excluding hydrogens is 411 g/mol. The predicted octanol–water partition coefficient (Wildman–Crippen LogP) is 1.47. The Morgan fingerprint density at radius 2 is 2.21 bits per heavy atom. The van der Waals surface area contributed by atoms with E-state index in [1.165, 1.54) is 22.9 Å². The maximum Gasteiger partial charge on any atom is 0.276 e. The minimum atomic E-state index is -3.88. The number of hydrogen-bond donors (Lipinski definition) is 3. The zero-order valence-corrected chi connectivity index (χ0v) is 16.5. The SMILES string of the molecule is Cn1cc2c(c1C(=O)Nc1ccc(F)c(Cl)c1)OC[C@]1(CCNC1)NS2(=O)=O. The number of nitrogens with one attached hydrogen (secondary N) is 3. The van der Waals surface area contributed by atoms with Crippen LogP contribution in [0.4, 0.5) is 10.1 Å². The van der Waals surface area contributed by atoms with Crippen molar-refractivity contribution in [1.29, 1.82) is 0 Å². The van der Waals surface area contributed by atoms with Crippen LogP contribution < -0.4 is 20.1 Å². The molecule has 1 atom stereocenters. The molecule has 2 aromatic rings. The second kappa shape index (κ2) is 6.73. The van der Waals surface area contributed by atoms with Gasteiger partial charge in [0.15, 0.2) is 11.4 Å². The molecule has 0 unspecified atom stereocenters. The molecule has 2 aliphatic heterocycles. The van der Waals surface area contributed by atoms with Crippen molar-refractivity contribution in [3.05, 3.63) is 40.9 Å². The molecule has 3 N–H and O–H groups in total. The normalized spacial score (nSPS) is 23.1. The lowest BCUT2D eigenvalue weighted by Crippen LogP contribution is -2.52. The van der Waals surface area contributed by atoms with Gasteiger partial charge in [0.2, 0.25) is 10.0 Å². The molecule has 1 amide bonds. The number of hydrogen-bond acceptors (Lipinski definition) is 5. The van der Waals surface area contributed by atoms with Crippen molar-refractivity contribution in [2.75, 3.05) is 25.0 Å². The summed E-state index contributed by atoms with van der Waals surface area (Å²) in [6.45, 7) is 1.21. The molecule has 1 saturated heterocycles. The van der Waals surface area contributed by atoms with Crippen LogP contribution in [0.5, 0.6) is 5.75 Å². The van der Waals surface area contributed by atoms with E-state index in [1.54, 1.807) is 7.05 Å². The number of aryl methyl sites for hydroxylation is 1. The summed E-state index contributed by atoms with van der Waals surface area (Å²) in [4.78, 5) is 12.7. The number of sulfonamides is 1. The summed E-state index contributed by atoms with van der Waals surface area (Å²) in [5.74, 6) is -1.21. The van der Waals surface area contributed by atoms with Gasteiger partial charge in [-0.05, 0) is 31.2 Å². The first-order chi connectivity index (χ1) is 13.2. The van der Waals surface area contributed by atoms with Gasteiger partial charge in [-0.25, -0.2) is 17.5 Å². The lowest BCUT2D eigenvalue weighted by molar-refractivity contribution is 0.101. The quantitative estimate of drug-likeness (QED) is 0.672. The maximum absolute atomic E-state index is 13.3. The summed E-state index contributed by atoms with van der Waals surface area (Å²) in [6, 6.07) is 3.76. The smallest absolute Gasteiger partial charge is 0.276 e. The standard InChI is InChI=1S/C17H18ClFN4O4S/c1-23-7-13-15(27-9-17(4-5-20-8-17)22-28(13,25)26)14(23)16(24)21-10-2-3-12(19)11(18)6-10/h2-3,6-7,20,22H,4-5,8-9H2,1H3,(H,21,24)/t17-/m1/s1. The average molecular weight is 429 g/mol. The van der Waals surface area contributed by atoms with Crippen molar-refractivity contribution in [2.24, 2.45) is 7.05 Å². The van der Waals surface area contributed by atoms with E-state index in [-0.39, 0.29) is 33.7 Å². The minimum Gasteiger partial charge on any atom is -0.488 e. The predicted molar refractivity (Wildman–Crippen MR) is 101 cm³/mol. The van der Waals surface area contributed by atoms with Crippen LogP contribution in [0, 0.1) is 5.82 Å². The Bertz CT molecular complexity index is 1060. The van der Waals surface area contributed by atoms with Gasteiger partial charge in [-0.15, -0.1) is 0 Å². The number of amides is 1. The van der Waals surface area contributed by atoms with Gasteiger partial charge >= 0.3 is 0 Å². The van der Waals surface area contributed by atoms with E-state index in [0.29, 0.717) is 19.5 Å². The monoisotopic (exact) mass is 428 g/mol. The van der Waals surface area contributed by atoms with Gasteiger partial charge in [0.25, 0.3) is 5.91 Å². The van der Waals surface area contributed by atoms with Crippen molar-refractivity contribution in [1.82, 2.24) is 14.6 Å². The maximum atomic E-state index is 13.3. The lowest BCUT2D eigenvalue weighted by Gasteiger charge is -2.26. The molecule has 1 fully saturated rings. The molecule has 0 radical (unpaired) electrons. The molecular formula is C17H18ClFN4O4S. The van der Waals surface area contributed by atoms with E-state index in [4.69, 9.17) is 16.3 Å². The number of benzene rings is 1. The van der Waals surface area contributed by atoms with E-state index in [9.17, 15) is 17.6 Å². The van der Waals surface area contributed by atoms with Crippen LogP contribution in [-0.2, 0) is 17.1 Å². The fraction of sp³-hybridized carbons (Fsp3) is 0.353. The molecule has 28 heavy (non-hydrogen) atoms. The molecule has 0 saturated carbocycles.